The minimum Gasteiger partial charge on any atom is -0.391 e. The SMILES string of the molecule is CN(C(=O)c1ccnc(NN)c1F)C1CCCCC1O. The Morgan fingerprint density at radius 3 is 2.90 bits per heavy atom. The molecule has 0 saturated heterocycles. The van der Waals surface area contributed by atoms with E-state index in [1.165, 1.54) is 17.2 Å². The van der Waals surface area contributed by atoms with Gasteiger partial charge in [0.1, 0.15) is 0 Å². The van der Waals surface area contributed by atoms with E-state index in [4.69, 9.17) is 5.84 Å². The average molecular weight is 282 g/mol. The highest BCUT2D eigenvalue weighted by atomic mass is 19.1. The van der Waals surface area contributed by atoms with Crippen molar-refractivity contribution in [2.75, 3.05) is 12.5 Å². The van der Waals surface area contributed by atoms with Gasteiger partial charge in [0.05, 0.1) is 17.7 Å². The van der Waals surface area contributed by atoms with Gasteiger partial charge in [-0.15, -0.1) is 0 Å². The monoisotopic (exact) mass is 282 g/mol. The zero-order valence-electron chi connectivity index (χ0n) is 11.3. The number of anilines is 1. The highest BCUT2D eigenvalue weighted by molar-refractivity contribution is 5.95. The van der Waals surface area contributed by atoms with Crippen LogP contribution in [0, 0.1) is 5.82 Å². The Hall–Kier alpha value is -1.73. The Balaban J connectivity index is 2.22. The Bertz CT molecular complexity index is 497. The fraction of sp³-hybridized carbons (Fsp3) is 0.538. The van der Waals surface area contributed by atoms with E-state index in [1.54, 1.807) is 7.05 Å². The topological polar surface area (TPSA) is 91.5 Å². The van der Waals surface area contributed by atoms with Gasteiger partial charge < -0.3 is 15.4 Å². The van der Waals surface area contributed by atoms with Crippen molar-refractivity contribution in [3.63, 3.8) is 0 Å². The molecule has 2 rings (SSSR count). The summed E-state index contributed by atoms with van der Waals surface area (Å²) in [5.41, 5.74) is 2.01. The highest BCUT2D eigenvalue weighted by Crippen LogP contribution is 2.24. The van der Waals surface area contributed by atoms with Crippen LogP contribution >= 0.6 is 0 Å². The molecule has 0 radical (unpaired) electrons. The van der Waals surface area contributed by atoms with Gasteiger partial charge in [0, 0.05) is 13.2 Å². The molecule has 0 spiro atoms. The highest BCUT2D eigenvalue weighted by Gasteiger charge is 2.31. The van der Waals surface area contributed by atoms with Crippen molar-refractivity contribution in [1.82, 2.24) is 9.88 Å². The third kappa shape index (κ3) is 2.73. The number of carbonyl (C=O) groups is 1. The molecule has 1 fully saturated rings. The van der Waals surface area contributed by atoms with Gasteiger partial charge in [-0.3, -0.25) is 4.79 Å². The second-order valence-electron chi connectivity index (χ2n) is 5.00. The first kappa shape index (κ1) is 14.7. The van der Waals surface area contributed by atoms with E-state index >= 15 is 0 Å². The maximum absolute atomic E-state index is 14.0. The number of rotatable bonds is 3. The third-order valence-corrected chi connectivity index (χ3v) is 3.77. The second kappa shape index (κ2) is 6.15. The lowest BCUT2D eigenvalue weighted by atomic mass is 9.91. The van der Waals surface area contributed by atoms with E-state index < -0.39 is 17.8 Å². The molecule has 1 saturated carbocycles. The van der Waals surface area contributed by atoms with Gasteiger partial charge >= 0.3 is 0 Å². The molecule has 4 N–H and O–H groups in total. The van der Waals surface area contributed by atoms with Gasteiger partial charge in [-0.2, -0.15) is 0 Å². The summed E-state index contributed by atoms with van der Waals surface area (Å²) in [4.78, 5) is 17.5. The van der Waals surface area contributed by atoms with Crippen molar-refractivity contribution in [3.05, 3.63) is 23.6 Å². The van der Waals surface area contributed by atoms with Crippen LogP contribution < -0.4 is 11.3 Å². The van der Waals surface area contributed by atoms with Crippen molar-refractivity contribution < 1.29 is 14.3 Å². The summed E-state index contributed by atoms with van der Waals surface area (Å²) >= 11 is 0. The first-order valence-corrected chi connectivity index (χ1v) is 6.62. The Labute approximate surface area is 116 Å². The molecule has 110 valence electrons. The molecule has 1 aliphatic carbocycles. The number of pyridine rings is 1. The molecule has 1 amide bonds. The maximum Gasteiger partial charge on any atom is 0.257 e. The molecular formula is C13H19FN4O2. The summed E-state index contributed by atoms with van der Waals surface area (Å²) in [5, 5.41) is 9.97. The van der Waals surface area contributed by atoms with Gasteiger partial charge in [-0.05, 0) is 18.9 Å². The van der Waals surface area contributed by atoms with Crippen LogP contribution in [0.1, 0.15) is 36.0 Å². The number of hydrogen-bond acceptors (Lipinski definition) is 5. The number of nitrogen functional groups attached to an aromatic ring is 1. The van der Waals surface area contributed by atoms with Gasteiger partial charge in [-0.1, -0.05) is 12.8 Å². The number of aliphatic hydroxyl groups excluding tert-OH is 1. The van der Waals surface area contributed by atoms with Crippen molar-refractivity contribution in [3.8, 4) is 0 Å². The molecule has 1 heterocycles. The van der Waals surface area contributed by atoms with Gasteiger partial charge in [0.15, 0.2) is 11.6 Å². The van der Waals surface area contributed by atoms with E-state index in [0.29, 0.717) is 6.42 Å². The first-order chi connectivity index (χ1) is 9.56. The molecule has 20 heavy (non-hydrogen) atoms. The number of aliphatic hydroxyl groups is 1. The Morgan fingerprint density at radius 1 is 1.55 bits per heavy atom. The minimum atomic E-state index is -0.780. The van der Waals surface area contributed by atoms with E-state index in [-0.39, 0.29) is 17.4 Å². The van der Waals surface area contributed by atoms with Crippen molar-refractivity contribution >= 4 is 11.7 Å². The van der Waals surface area contributed by atoms with Gasteiger partial charge in [0.2, 0.25) is 0 Å². The van der Waals surface area contributed by atoms with E-state index in [9.17, 15) is 14.3 Å². The number of carbonyl (C=O) groups excluding carboxylic acids is 1. The lowest BCUT2D eigenvalue weighted by Gasteiger charge is -2.35. The van der Waals surface area contributed by atoms with Crippen LogP contribution in [0.4, 0.5) is 10.2 Å². The number of aromatic nitrogens is 1. The van der Waals surface area contributed by atoms with Crippen LogP contribution in [-0.4, -0.2) is 40.1 Å². The van der Waals surface area contributed by atoms with Crippen molar-refractivity contribution in [2.45, 2.75) is 37.8 Å². The van der Waals surface area contributed by atoms with Crippen LogP contribution in [0.2, 0.25) is 0 Å². The largest absolute Gasteiger partial charge is 0.391 e. The van der Waals surface area contributed by atoms with Crippen LogP contribution in [-0.2, 0) is 0 Å². The summed E-state index contributed by atoms with van der Waals surface area (Å²) in [5.74, 6) is 3.71. The van der Waals surface area contributed by atoms with Crippen LogP contribution in [0.3, 0.4) is 0 Å². The van der Waals surface area contributed by atoms with Gasteiger partial charge in [0.25, 0.3) is 5.91 Å². The van der Waals surface area contributed by atoms with E-state index in [0.717, 1.165) is 19.3 Å². The number of hydrazine groups is 1. The fourth-order valence-electron chi connectivity index (χ4n) is 2.59. The maximum atomic E-state index is 14.0. The predicted molar refractivity (Wildman–Crippen MR) is 72.4 cm³/mol. The number of nitrogens with one attached hydrogen (secondary N) is 1. The molecule has 0 bridgehead atoms. The Kier molecular flexibility index (Phi) is 4.51. The first-order valence-electron chi connectivity index (χ1n) is 6.62. The molecule has 0 aromatic carbocycles. The zero-order valence-corrected chi connectivity index (χ0v) is 11.3. The minimum absolute atomic E-state index is 0.103. The zero-order chi connectivity index (χ0) is 14.7. The predicted octanol–water partition coefficient (Wildman–Crippen LogP) is 0.882. The average Bonchev–Trinajstić information content (AvgIpc) is 2.46. The normalized spacial score (nSPS) is 22.4. The van der Waals surface area contributed by atoms with Crippen LogP contribution in [0.25, 0.3) is 0 Å². The number of halogens is 1. The molecular weight excluding hydrogens is 263 g/mol. The molecule has 0 aliphatic heterocycles. The smallest absolute Gasteiger partial charge is 0.257 e. The Morgan fingerprint density at radius 2 is 2.25 bits per heavy atom. The summed E-state index contributed by atoms with van der Waals surface area (Å²) in [7, 11) is 1.58. The molecule has 1 aliphatic rings. The standard InChI is InChI=1S/C13H19FN4O2/c1-18(9-4-2-3-5-10(9)19)13(20)8-6-7-16-12(17-15)11(8)14/h6-7,9-10,19H,2-5,15H2,1H3,(H,16,17). The van der Waals surface area contributed by atoms with Crippen LogP contribution in [0.5, 0.6) is 0 Å². The molecule has 6 nitrogen and oxygen atoms in total. The second-order valence-corrected chi connectivity index (χ2v) is 5.00. The number of nitrogens with zero attached hydrogens (tertiary/aromatic N) is 2. The quantitative estimate of drug-likeness (QED) is 0.565. The van der Waals surface area contributed by atoms with E-state index in [1.807, 2.05) is 0 Å². The summed E-state index contributed by atoms with van der Waals surface area (Å²) in [6.07, 6.45) is 4.04. The number of amides is 1. The fourth-order valence-corrected chi connectivity index (χ4v) is 2.59. The van der Waals surface area contributed by atoms with Crippen molar-refractivity contribution in [1.29, 1.82) is 0 Å². The molecule has 2 atom stereocenters. The summed E-state index contributed by atoms with van der Waals surface area (Å²) in [6, 6.07) is 1.03. The molecule has 7 heteroatoms. The number of nitrogens with two attached hydrogens (primary N) is 1. The van der Waals surface area contributed by atoms with Gasteiger partial charge in [-0.25, -0.2) is 15.2 Å². The number of hydrogen-bond donors (Lipinski definition) is 3. The molecule has 1 aromatic rings. The van der Waals surface area contributed by atoms with E-state index in [2.05, 4.69) is 10.4 Å². The lowest BCUT2D eigenvalue weighted by Crippen LogP contribution is -2.46. The lowest BCUT2D eigenvalue weighted by molar-refractivity contribution is 0.0265. The summed E-state index contributed by atoms with van der Waals surface area (Å²) < 4.78 is 14.0. The number of likely N-dealkylation sites (N-methyl/N-ethyl adjacent to an activating group) is 1. The molecule has 1 aromatic heterocycles. The molecule has 2 unspecified atom stereocenters. The van der Waals surface area contributed by atoms with Crippen LogP contribution in [0.15, 0.2) is 12.3 Å². The summed E-state index contributed by atoms with van der Waals surface area (Å²) in [6.45, 7) is 0. The van der Waals surface area contributed by atoms with Crippen molar-refractivity contribution in [2.24, 2.45) is 5.84 Å². The third-order valence-electron chi connectivity index (χ3n) is 3.77.